The van der Waals surface area contributed by atoms with E-state index < -0.39 is 0 Å². The predicted molar refractivity (Wildman–Crippen MR) is 116 cm³/mol. The first-order valence-corrected chi connectivity index (χ1v) is 10.1. The zero-order valence-corrected chi connectivity index (χ0v) is 16.5. The Morgan fingerprint density at radius 3 is 2.03 bits per heavy atom. The van der Waals surface area contributed by atoms with Crippen LogP contribution in [0.3, 0.4) is 0 Å². The molecule has 5 rings (SSSR count). The minimum Gasteiger partial charge on any atom is -0.354 e. The first kappa shape index (κ1) is 18.4. The zero-order valence-electron chi connectivity index (χ0n) is 16.5. The lowest BCUT2D eigenvalue weighted by molar-refractivity contribution is 0.212. The van der Waals surface area contributed by atoms with E-state index in [9.17, 15) is 4.79 Å². The third kappa shape index (κ3) is 3.44. The Hall–Kier alpha value is -3.58. The van der Waals surface area contributed by atoms with Crippen LogP contribution in [0.15, 0.2) is 72.8 Å². The van der Waals surface area contributed by atoms with Crippen molar-refractivity contribution < 1.29 is 4.79 Å². The summed E-state index contributed by atoms with van der Waals surface area (Å²) in [5.41, 5.74) is 3.73. The van der Waals surface area contributed by atoms with E-state index in [1.165, 1.54) is 15.8 Å². The van der Waals surface area contributed by atoms with E-state index in [-0.39, 0.29) is 6.04 Å². The molecule has 7 nitrogen and oxygen atoms in total. The van der Waals surface area contributed by atoms with Crippen LogP contribution in [-0.4, -0.2) is 57.5 Å². The van der Waals surface area contributed by atoms with Crippen LogP contribution in [0, 0.1) is 0 Å². The molecule has 1 aliphatic heterocycles. The second kappa shape index (κ2) is 8.04. The van der Waals surface area contributed by atoms with Gasteiger partial charge in [0.2, 0.25) is 12.1 Å². The number of hydrogen-bond acceptors (Lipinski definition) is 6. The normalized spacial score (nSPS) is 15.0. The van der Waals surface area contributed by atoms with Gasteiger partial charge in [-0.1, -0.05) is 65.9 Å². The molecule has 0 atom stereocenters. The Balaban J connectivity index is 1.37. The van der Waals surface area contributed by atoms with Gasteiger partial charge in [0.15, 0.2) is 0 Å². The molecule has 4 aromatic rings. The van der Waals surface area contributed by atoms with Crippen molar-refractivity contribution in [2.24, 2.45) is 0 Å². The molecular formula is C23H22N6O. The summed E-state index contributed by atoms with van der Waals surface area (Å²) in [6.07, 6.45) is 0.642. The molecule has 0 aliphatic carbocycles. The van der Waals surface area contributed by atoms with Crippen molar-refractivity contribution in [3.05, 3.63) is 83.9 Å². The van der Waals surface area contributed by atoms with E-state index in [0.29, 0.717) is 17.6 Å². The molecule has 1 saturated heterocycles. The second-order valence-corrected chi connectivity index (χ2v) is 7.40. The Labute approximate surface area is 174 Å². The highest BCUT2D eigenvalue weighted by Crippen LogP contribution is 2.30. The van der Waals surface area contributed by atoms with Gasteiger partial charge >= 0.3 is 0 Å². The van der Waals surface area contributed by atoms with Gasteiger partial charge in [-0.2, -0.15) is 4.68 Å². The molecule has 150 valence electrons. The standard InChI is InChI=1S/C23H22N6O/c30-17-29-20-11-12-21(24-23(20)25-26-29)27-13-15-28(16-14-27)22(18-7-3-1-4-8-18)19-9-5-2-6-10-19/h1-12,17,22H,13-16H2. The number of benzene rings is 2. The largest absolute Gasteiger partial charge is 0.354 e. The first-order valence-electron chi connectivity index (χ1n) is 10.1. The average molecular weight is 398 g/mol. The highest BCUT2D eigenvalue weighted by molar-refractivity contribution is 5.78. The number of anilines is 1. The predicted octanol–water partition coefficient (Wildman–Crippen LogP) is 2.78. The molecule has 0 saturated carbocycles. The van der Waals surface area contributed by atoms with Crippen LogP contribution in [0.1, 0.15) is 17.2 Å². The number of aromatic nitrogens is 4. The fourth-order valence-electron chi connectivity index (χ4n) is 4.17. The molecule has 1 fully saturated rings. The van der Waals surface area contributed by atoms with Gasteiger partial charge < -0.3 is 4.90 Å². The summed E-state index contributed by atoms with van der Waals surface area (Å²) in [5, 5.41) is 7.81. The van der Waals surface area contributed by atoms with Crippen molar-refractivity contribution in [1.82, 2.24) is 24.9 Å². The van der Waals surface area contributed by atoms with Crippen LogP contribution in [0.2, 0.25) is 0 Å². The summed E-state index contributed by atoms with van der Waals surface area (Å²) in [6, 6.07) is 25.4. The molecular weight excluding hydrogens is 376 g/mol. The molecule has 1 aliphatic rings. The summed E-state index contributed by atoms with van der Waals surface area (Å²) < 4.78 is 1.20. The fourth-order valence-corrected chi connectivity index (χ4v) is 4.17. The molecule has 2 aromatic heterocycles. The van der Waals surface area contributed by atoms with E-state index in [1.54, 1.807) is 0 Å². The SMILES string of the molecule is O=Cn1nnc2nc(N3CCN(C(c4ccccc4)c4ccccc4)CC3)ccc21. The minimum absolute atomic E-state index is 0.234. The van der Waals surface area contributed by atoms with Gasteiger partial charge in [-0.25, -0.2) is 4.98 Å². The highest BCUT2D eigenvalue weighted by Gasteiger charge is 2.27. The maximum Gasteiger partial charge on any atom is 0.236 e. The van der Waals surface area contributed by atoms with Crippen LogP contribution < -0.4 is 4.90 Å². The fraction of sp³-hybridized carbons (Fsp3) is 0.217. The lowest BCUT2D eigenvalue weighted by Gasteiger charge is -2.40. The molecule has 7 heteroatoms. The van der Waals surface area contributed by atoms with Crippen molar-refractivity contribution in [1.29, 1.82) is 0 Å². The summed E-state index contributed by atoms with van der Waals surface area (Å²) in [4.78, 5) is 20.4. The van der Waals surface area contributed by atoms with Gasteiger partial charge in [0.25, 0.3) is 0 Å². The smallest absolute Gasteiger partial charge is 0.236 e. The third-order valence-corrected chi connectivity index (χ3v) is 5.66. The van der Waals surface area contributed by atoms with Crippen molar-refractivity contribution in [2.45, 2.75) is 6.04 Å². The van der Waals surface area contributed by atoms with E-state index >= 15 is 0 Å². The van der Waals surface area contributed by atoms with Crippen molar-refractivity contribution in [3.63, 3.8) is 0 Å². The van der Waals surface area contributed by atoms with Crippen LogP contribution in [-0.2, 0) is 4.79 Å². The number of piperazine rings is 1. The lowest BCUT2D eigenvalue weighted by atomic mass is 9.96. The summed E-state index contributed by atoms with van der Waals surface area (Å²) in [7, 11) is 0. The molecule has 0 radical (unpaired) electrons. The number of hydrogen-bond donors (Lipinski definition) is 0. The van der Waals surface area contributed by atoms with Gasteiger partial charge in [-0.05, 0) is 23.3 Å². The van der Waals surface area contributed by atoms with Crippen molar-refractivity contribution >= 4 is 23.4 Å². The first-order chi connectivity index (χ1) is 14.8. The van der Waals surface area contributed by atoms with Gasteiger partial charge in [0.05, 0.1) is 6.04 Å². The molecule has 0 bridgehead atoms. The number of fused-ring (bicyclic) bond motifs is 1. The number of pyridine rings is 1. The second-order valence-electron chi connectivity index (χ2n) is 7.40. The van der Waals surface area contributed by atoms with Crippen molar-refractivity contribution in [2.75, 3.05) is 31.1 Å². The zero-order chi connectivity index (χ0) is 20.3. The van der Waals surface area contributed by atoms with E-state index in [1.807, 2.05) is 12.1 Å². The summed E-state index contributed by atoms with van der Waals surface area (Å²) >= 11 is 0. The maximum absolute atomic E-state index is 11.0. The molecule has 0 amide bonds. The van der Waals surface area contributed by atoms with Crippen LogP contribution in [0.5, 0.6) is 0 Å². The quantitative estimate of drug-likeness (QED) is 0.482. The Morgan fingerprint density at radius 2 is 1.43 bits per heavy atom. The lowest BCUT2D eigenvalue weighted by Crippen LogP contribution is -2.48. The van der Waals surface area contributed by atoms with E-state index in [4.69, 9.17) is 0 Å². The van der Waals surface area contributed by atoms with Gasteiger partial charge in [-0.15, -0.1) is 5.10 Å². The number of carbonyl (C=O) groups is 1. The summed E-state index contributed by atoms with van der Waals surface area (Å²) in [6.45, 7) is 3.59. The highest BCUT2D eigenvalue weighted by atomic mass is 16.1. The van der Waals surface area contributed by atoms with Crippen LogP contribution in [0.25, 0.3) is 11.2 Å². The van der Waals surface area contributed by atoms with Gasteiger partial charge in [-0.3, -0.25) is 9.69 Å². The number of carbonyl (C=O) groups excluding carboxylic acids is 1. The molecule has 0 N–H and O–H groups in total. The Morgan fingerprint density at radius 1 is 0.800 bits per heavy atom. The topological polar surface area (TPSA) is 67.2 Å². The Bertz CT molecular complexity index is 1100. The van der Waals surface area contributed by atoms with E-state index in [2.05, 4.69) is 85.8 Å². The molecule has 2 aromatic carbocycles. The molecule has 3 heterocycles. The average Bonchev–Trinajstić information content (AvgIpc) is 3.24. The van der Waals surface area contributed by atoms with Gasteiger partial charge in [0.1, 0.15) is 11.3 Å². The van der Waals surface area contributed by atoms with E-state index in [0.717, 1.165) is 32.0 Å². The Kier molecular flexibility index (Phi) is 4.94. The molecule has 30 heavy (non-hydrogen) atoms. The summed E-state index contributed by atoms with van der Waals surface area (Å²) in [5.74, 6) is 0.871. The monoisotopic (exact) mass is 398 g/mol. The van der Waals surface area contributed by atoms with Gasteiger partial charge in [0, 0.05) is 26.2 Å². The van der Waals surface area contributed by atoms with Crippen molar-refractivity contribution in [3.8, 4) is 0 Å². The minimum atomic E-state index is 0.234. The van der Waals surface area contributed by atoms with Crippen LogP contribution >= 0.6 is 0 Å². The number of rotatable bonds is 5. The maximum atomic E-state index is 11.0. The molecule has 0 unspecified atom stereocenters. The van der Waals surface area contributed by atoms with Crippen LogP contribution in [0.4, 0.5) is 5.82 Å². The number of nitrogens with zero attached hydrogens (tertiary/aromatic N) is 6. The molecule has 0 spiro atoms. The third-order valence-electron chi connectivity index (χ3n) is 5.66.